The van der Waals surface area contributed by atoms with Crippen molar-refractivity contribution in [1.82, 2.24) is 4.98 Å². The molecule has 1 aromatic heterocycles. The van der Waals surface area contributed by atoms with Gasteiger partial charge in [-0.1, -0.05) is 84.9 Å². The van der Waals surface area contributed by atoms with Crippen LogP contribution in [0, 0.1) is 0 Å². The van der Waals surface area contributed by atoms with Crippen LogP contribution < -0.4 is 15.2 Å². The first-order chi connectivity index (χ1) is 20.3. The molecule has 7 rings (SSSR count). The van der Waals surface area contributed by atoms with Crippen LogP contribution in [0.4, 0.5) is 22.7 Å². The van der Waals surface area contributed by atoms with Gasteiger partial charge in [0.15, 0.2) is 0 Å². The molecule has 196 valence electrons. The van der Waals surface area contributed by atoms with E-state index >= 15 is 0 Å². The molecule has 4 heteroatoms. The maximum Gasteiger partial charge on any atom is 0.239 e. The van der Waals surface area contributed by atoms with E-state index in [1.807, 2.05) is 24.3 Å². The molecule has 0 fully saturated rings. The van der Waals surface area contributed by atoms with Crippen LogP contribution in [-0.2, 0) is 6.42 Å². The second-order valence-corrected chi connectivity index (χ2v) is 10.1. The molecule has 4 nitrogen and oxygen atoms in total. The molecule has 0 atom stereocenters. The van der Waals surface area contributed by atoms with Gasteiger partial charge in [0.25, 0.3) is 0 Å². The molecule has 0 unspecified atom stereocenters. The molecule has 0 saturated heterocycles. The molecular weight excluding hydrogens is 500 g/mol. The van der Waals surface area contributed by atoms with Gasteiger partial charge in [-0.3, -0.25) is 0 Å². The quantitative estimate of drug-likeness (QED) is 0.160. The molecule has 0 aliphatic carbocycles. The Bertz CT molecular complexity index is 1940. The predicted octanol–water partition coefficient (Wildman–Crippen LogP) is 8.74. The number of rotatable bonds is 7. The zero-order chi connectivity index (χ0) is 27.4. The molecule has 2 N–H and O–H groups in total. The van der Waals surface area contributed by atoms with E-state index < -0.39 is 0 Å². The van der Waals surface area contributed by atoms with Gasteiger partial charge in [0.2, 0.25) is 16.7 Å². The van der Waals surface area contributed by atoms with E-state index in [9.17, 15) is 0 Å². The number of fused-ring (bicyclic) bond motifs is 2. The summed E-state index contributed by atoms with van der Waals surface area (Å²) in [6.07, 6.45) is 0.803. The zero-order valence-electron chi connectivity index (χ0n) is 22.5. The third-order valence-corrected chi connectivity index (χ3v) is 7.27. The highest BCUT2D eigenvalue weighted by Gasteiger charge is 2.22. The van der Waals surface area contributed by atoms with Crippen molar-refractivity contribution in [3.63, 3.8) is 0 Å². The van der Waals surface area contributed by atoms with Crippen molar-refractivity contribution in [1.29, 1.82) is 0 Å². The van der Waals surface area contributed by atoms with E-state index in [-0.39, 0.29) is 0 Å². The fourth-order valence-electron chi connectivity index (χ4n) is 5.32. The molecule has 7 aromatic rings. The fourth-order valence-corrected chi connectivity index (χ4v) is 5.32. The Balaban J connectivity index is 1.45. The number of anilines is 4. The highest BCUT2D eigenvalue weighted by Crippen LogP contribution is 2.30. The highest BCUT2D eigenvalue weighted by molar-refractivity contribution is 5.88. The van der Waals surface area contributed by atoms with Crippen LogP contribution in [-0.4, -0.2) is 4.98 Å². The van der Waals surface area contributed by atoms with Gasteiger partial charge in [0.05, 0.1) is 0 Å². The number of para-hydroxylation sites is 3. The molecule has 1 heterocycles. The topological polar surface area (TPSA) is 40.8 Å². The molecule has 0 amide bonds. The SMILES string of the molecule is c1ccc(Cc2cc3nc4ccc(Nc5ccccc5)cc4[n+](-c4ccccc4)c3cc2Nc2ccccc2)cc1. The molecular formula is C37H29N4+. The van der Waals surface area contributed by atoms with Crippen LogP contribution in [0.5, 0.6) is 0 Å². The first kappa shape index (κ1) is 24.6. The number of nitrogens with one attached hydrogen (secondary N) is 2. The number of nitrogens with zero attached hydrogens (tertiary/aromatic N) is 2. The lowest BCUT2D eigenvalue weighted by Gasteiger charge is -2.15. The Morgan fingerprint density at radius 1 is 0.488 bits per heavy atom. The van der Waals surface area contributed by atoms with Crippen LogP contribution in [0.15, 0.2) is 152 Å². The van der Waals surface area contributed by atoms with Gasteiger partial charge < -0.3 is 10.6 Å². The van der Waals surface area contributed by atoms with E-state index in [2.05, 4.69) is 143 Å². The van der Waals surface area contributed by atoms with Gasteiger partial charge in [-0.15, -0.1) is 4.57 Å². The van der Waals surface area contributed by atoms with Crippen LogP contribution in [0.3, 0.4) is 0 Å². The lowest BCUT2D eigenvalue weighted by atomic mass is 10.0. The van der Waals surface area contributed by atoms with Crippen LogP contribution in [0.25, 0.3) is 27.8 Å². The largest absolute Gasteiger partial charge is 0.355 e. The molecule has 0 radical (unpaired) electrons. The number of aromatic nitrogens is 2. The van der Waals surface area contributed by atoms with Crippen LogP contribution >= 0.6 is 0 Å². The summed E-state index contributed by atoms with van der Waals surface area (Å²) in [5, 5.41) is 7.25. The Kier molecular flexibility index (Phi) is 6.56. The van der Waals surface area contributed by atoms with Crippen molar-refractivity contribution in [2.24, 2.45) is 0 Å². The second-order valence-electron chi connectivity index (χ2n) is 10.1. The van der Waals surface area contributed by atoms with Gasteiger partial charge in [-0.25, -0.2) is 4.98 Å². The van der Waals surface area contributed by atoms with Crippen molar-refractivity contribution >= 4 is 44.8 Å². The molecule has 0 spiro atoms. The maximum absolute atomic E-state index is 5.19. The van der Waals surface area contributed by atoms with Gasteiger partial charge >= 0.3 is 0 Å². The minimum absolute atomic E-state index is 0.803. The summed E-state index contributed by atoms with van der Waals surface area (Å²) >= 11 is 0. The summed E-state index contributed by atoms with van der Waals surface area (Å²) in [5.41, 5.74) is 11.7. The molecule has 0 saturated carbocycles. The summed E-state index contributed by atoms with van der Waals surface area (Å²) in [4.78, 5) is 5.19. The smallest absolute Gasteiger partial charge is 0.239 e. The number of hydrogen-bond donors (Lipinski definition) is 2. The highest BCUT2D eigenvalue weighted by atomic mass is 15.0. The molecule has 0 aliphatic rings. The minimum Gasteiger partial charge on any atom is -0.355 e. The van der Waals surface area contributed by atoms with Gasteiger partial charge in [-0.2, -0.15) is 0 Å². The maximum atomic E-state index is 5.19. The predicted molar refractivity (Wildman–Crippen MR) is 169 cm³/mol. The Hall–Kier alpha value is -5.48. The normalized spacial score (nSPS) is 11.0. The lowest BCUT2D eigenvalue weighted by molar-refractivity contribution is -0.538. The summed E-state index contributed by atoms with van der Waals surface area (Å²) in [6.45, 7) is 0. The Morgan fingerprint density at radius 3 is 1.76 bits per heavy atom. The van der Waals surface area contributed by atoms with Crippen molar-refractivity contribution in [2.45, 2.75) is 6.42 Å². The lowest BCUT2D eigenvalue weighted by Crippen LogP contribution is -2.33. The Labute approximate surface area is 239 Å². The summed E-state index contributed by atoms with van der Waals surface area (Å²) < 4.78 is 2.32. The number of hydrogen-bond acceptors (Lipinski definition) is 3. The summed E-state index contributed by atoms with van der Waals surface area (Å²) in [6, 6.07) is 52.6. The zero-order valence-corrected chi connectivity index (χ0v) is 22.5. The van der Waals surface area contributed by atoms with Gasteiger partial charge in [0.1, 0.15) is 11.0 Å². The van der Waals surface area contributed by atoms with Crippen molar-refractivity contribution in [2.75, 3.05) is 10.6 Å². The van der Waals surface area contributed by atoms with Crippen molar-refractivity contribution < 1.29 is 4.57 Å². The monoisotopic (exact) mass is 529 g/mol. The van der Waals surface area contributed by atoms with E-state index in [1.165, 1.54) is 11.1 Å². The first-order valence-corrected chi connectivity index (χ1v) is 13.9. The van der Waals surface area contributed by atoms with E-state index in [0.717, 1.165) is 56.9 Å². The van der Waals surface area contributed by atoms with Crippen LogP contribution in [0.1, 0.15) is 11.1 Å². The van der Waals surface area contributed by atoms with E-state index in [1.54, 1.807) is 0 Å². The van der Waals surface area contributed by atoms with Crippen molar-refractivity contribution in [3.05, 3.63) is 163 Å². The molecule has 6 aromatic carbocycles. The van der Waals surface area contributed by atoms with E-state index in [4.69, 9.17) is 4.98 Å². The van der Waals surface area contributed by atoms with Gasteiger partial charge in [0, 0.05) is 47.0 Å². The number of benzene rings is 6. The summed E-state index contributed by atoms with van der Waals surface area (Å²) in [7, 11) is 0. The molecule has 0 aliphatic heterocycles. The third kappa shape index (κ3) is 5.23. The molecule has 0 bridgehead atoms. The first-order valence-electron chi connectivity index (χ1n) is 13.9. The van der Waals surface area contributed by atoms with Crippen molar-refractivity contribution in [3.8, 4) is 5.69 Å². The van der Waals surface area contributed by atoms with E-state index in [0.29, 0.717) is 0 Å². The second kappa shape index (κ2) is 10.9. The average Bonchev–Trinajstić information content (AvgIpc) is 3.02. The fraction of sp³-hybridized carbons (Fsp3) is 0.0270. The van der Waals surface area contributed by atoms with Gasteiger partial charge in [-0.05, 0) is 60.0 Å². The van der Waals surface area contributed by atoms with Crippen LogP contribution in [0.2, 0.25) is 0 Å². The third-order valence-electron chi connectivity index (χ3n) is 7.27. The minimum atomic E-state index is 0.803. The molecule has 41 heavy (non-hydrogen) atoms. The standard InChI is InChI=1S/C37H28N4/c1-5-13-27(14-6-1)23-28-24-35-37(26-34(28)39-30-17-9-3-10-18-30)41(32-19-11-4-12-20-32)36-25-31(21-22-33(36)40-35)38-29-15-7-2-8-16-29/h1-22,24-26H,23H2,(H,38,39)/p+1. The average molecular weight is 530 g/mol. The summed E-state index contributed by atoms with van der Waals surface area (Å²) in [5.74, 6) is 0. The Morgan fingerprint density at radius 2 is 1.07 bits per heavy atom.